The van der Waals surface area contributed by atoms with Gasteiger partial charge in [-0.15, -0.1) is 0 Å². The summed E-state index contributed by atoms with van der Waals surface area (Å²) in [6.07, 6.45) is 0.857. The number of esters is 1. The highest BCUT2D eigenvalue weighted by atomic mass is 16.6. The number of benzene rings is 4. The molecule has 6 rings (SSSR count). The van der Waals surface area contributed by atoms with Crippen molar-refractivity contribution < 1.29 is 23.9 Å². The minimum atomic E-state index is -0.845. The molecule has 0 aromatic heterocycles. The van der Waals surface area contributed by atoms with Gasteiger partial charge in [0.1, 0.15) is 12.6 Å². The molecular weight excluding hydrogens is 576 g/mol. The molecule has 2 amide bonds. The second-order valence-corrected chi connectivity index (χ2v) is 12.4. The van der Waals surface area contributed by atoms with E-state index >= 15 is 0 Å². The molecule has 0 spiro atoms. The van der Waals surface area contributed by atoms with E-state index in [0.717, 1.165) is 27.8 Å². The highest BCUT2D eigenvalue weighted by molar-refractivity contribution is 5.86. The van der Waals surface area contributed by atoms with Gasteiger partial charge in [-0.05, 0) is 65.6 Å². The van der Waals surface area contributed by atoms with Crippen molar-refractivity contribution >= 4 is 18.0 Å². The molecule has 2 atom stereocenters. The van der Waals surface area contributed by atoms with E-state index in [0.29, 0.717) is 25.8 Å². The zero-order chi connectivity index (χ0) is 32.0. The van der Waals surface area contributed by atoms with Crippen LogP contribution in [0.25, 0.3) is 22.3 Å². The third-order valence-corrected chi connectivity index (χ3v) is 8.84. The molecule has 0 bridgehead atoms. The van der Waals surface area contributed by atoms with Gasteiger partial charge in [-0.2, -0.15) is 0 Å². The normalized spacial score (nSPS) is 16.3. The van der Waals surface area contributed by atoms with Gasteiger partial charge in [-0.3, -0.25) is 4.79 Å². The zero-order valence-electron chi connectivity index (χ0n) is 26.4. The first-order chi connectivity index (χ1) is 22.4. The molecule has 2 unspecified atom stereocenters. The van der Waals surface area contributed by atoms with Crippen LogP contribution in [0.15, 0.2) is 103 Å². The van der Waals surface area contributed by atoms with Gasteiger partial charge >= 0.3 is 12.1 Å². The van der Waals surface area contributed by atoms with E-state index < -0.39 is 24.0 Å². The van der Waals surface area contributed by atoms with Crippen molar-refractivity contribution in [3.63, 3.8) is 0 Å². The first kappa shape index (κ1) is 31.1. The van der Waals surface area contributed by atoms with Crippen LogP contribution in [0.4, 0.5) is 4.79 Å². The average molecular weight is 617 g/mol. The summed E-state index contributed by atoms with van der Waals surface area (Å²) in [5, 5.41) is 2.95. The van der Waals surface area contributed by atoms with Gasteiger partial charge < -0.3 is 19.7 Å². The fourth-order valence-electron chi connectivity index (χ4n) is 6.54. The Morgan fingerprint density at radius 2 is 1.41 bits per heavy atom. The number of carbonyl (C=O) groups excluding carboxylic acids is 3. The Bertz CT molecular complexity index is 1640. The van der Waals surface area contributed by atoms with Crippen LogP contribution in [0.5, 0.6) is 0 Å². The number of nitrogens with zero attached hydrogens (tertiary/aromatic N) is 1. The van der Waals surface area contributed by atoms with Crippen molar-refractivity contribution in [2.24, 2.45) is 5.92 Å². The lowest BCUT2D eigenvalue weighted by atomic mass is 9.96. The van der Waals surface area contributed by atoms with E-state index in [9.17, 15) is 14.4 Å². The number of carbonyl (C=O) groups is 3. The number of ether oxygens (including phenoxy) is 2. The first-order valence-electron chi connectivity index (χ1n) is 16.1. The van der Waals surface area contributed by atoms with Crippen LogP contribution in [0, 0.1) is 5.92 Å². The van der Waals surface area contributed by atoms with Crippen molar-refractivity contribution in [3.05, 3.63) is 120 Å². The Kier molecular flexibility index (Phi) is 9.48. The second-order valence-electron chi connectivity index (χ2n) is 12.4. The fourth-order valence-corrected chi connectivity index (χ4v) is 6.54. The molecule has 1 fully saturated rings. The summed E-state index contributed by atoms with van der Waals surface area (Å²) >= 11 is 0. The van der Waals surface area contributed by atoms with Gasteiger partial charge in [-0.25, -0.2) is 9.59 Å². The minimum Gasteiger partial charge on any atom is -0.461 e. The molecule has 1 N–H and O–H groups in total. The molecule has 4 aromatic carbocycles. The predicted molar refractivity (Wildman–Crippen MR) is 178 cm³/mol. The molecule has 1 heterocycles. The summed E-state index contributed by atoms with van der Waals surface area (Å²) in [6, 6.07) is 33.7. The molecule has 0 radical (unpaired) electrons. The average Bonchev–Trinajstić information content (AvgIpc) is 3.40. The first-order valence-corrected chi connectivity index (χ1v) is 16.1. The highest BCUT2D eigenvalue weighted by Crippen LogP contribution is 2.44. The van der Waals surface area contributed by atoms with E-state index in [1.807, 2.05) is 78.9 Å². The lowest BCUT2D eigenvalue weighted by Gasteiger charge is -2.32. The molecule has 1 saturated heterocycles. The minimum absolute atomic E-state index is 0.0327. The molecule has 7 heteroatoms. The molecule has 236 valence electrons. The number of hydrogen-bond donors (Lipinski definition) is 1. The van der Waals surface area contributed by atoms with Crippen molar-refractivity contribution in [1.82, 2.24) is 10.2 Å². The number of piperidine rings is 1. The SMILES string of the molecule is CC(C)OC(=O)C(Cc1ccc(-c2ccccc2)cc1)NC(=O)C1CCCN(C(=O)OCC2c3ccccc3-c3ccccc32)C1. The van der Waals surface area contributed by atoms with Crippen molar-refractivity contribution in [2.45, 2.75) is 51.2 Å². The van der Waals surface area contributed by atoms with Crippen LogP contribution in [0.1, 0.15) is 49.3 Å². The predicted octanol–water partition coefficient (Wildman–Crippen LogP) is 6.99. The van der Waals surface area contributed by atoms with Crippen molar-refractivity contribution in [2.75, 3.05) is 19.7 Å². The molecule has 0 saturated carbocycles. The monoisotopic (exact) mass is 616 g/mol. The maximum absolute atomic E-state index is 13.5. The number of nitrogens with one attached hydrogen (secondary N) is 1. The van der Waals surface area contributed by atoms with Crippen molar-refractivity contribution in [3.8, 4) is 22.3 Å². The summed E-state index contributed by atoms with van der Waals surface area (Å²) in [5.41, 5.74) is 7.75. The molecule has 1 aliphatic heterocycles. The smallest absolute Gasteiger partial charge is 0.409 e. The Morgan fingerprint density at radius 1 is 0.804 bits per heavy atom. The van der Waals surface area contributed by atoms with E-state index in [-0.39, 0.29) is 31.1 Å². The Labute approximate surface area is 270 Å². The standard InChI is InChI=1S/C39H40N2O5/c1-26(2)46-38(43)36(23-27-18-20-29(21-19-27)28-11-4-3-5-12-28)40-37(42)30-13-10-22-41(24-30)39(44)45-25-35-33-16-8-6-14-31(33)32-15-7-9-17-34(32)35/h3-9,11-12,14-21,26,30,35-36H,10,13,22-25H2,1-2H3,(H,40,42). The largest absolute Gasteiger partial charge is 0.461 e. The Balaban J connectivity index is 1.08. The maximum Gasteiger partial charge on any atom is 0.409 e. The van der Waals surface area contributed by atoms with Gasteiger partial charge in [0, 0.05) is 25.4 Å². The molecule has 2 aliphatic rings. The number of likely N-dealkylation sites (tertiary alicyclic amines) is 1. The number of amides is 2. The van der Waals surface area contributed by atoms with Crippen LogP contribution >= 0.6 is 0 Å². The third kappa shape index (κ3) is 6.99. The lowest BCUT2D eigenvalue weighted by Crippen LogP contribution is -2.50. The molecular formula is C39H40N2O5. The summed E-state index contributed by atoms with van der Waals surface area (Å²) in [5.74, 6) is -1.22. The maximum atomic E-state index is 13.5. The van der Waals surface area contributed by atoms with Crippen molar-refractivity contribution in [1.29, 1.82) is 0 Å². The molecule has 4 aromatic rings. The zero-order valence-corrected chi connectivity index (χ0v) is 26.4. The van der Waals surface area contributed by atoms with Crippen LogP contribution in [0.2, 0.25) is 0 Å². The summed E-state index contributed by atoms with van der Waals surface area (Å²) in [7, 11) is 0. The van der Waals surface area contributed by atoms with E-state index in [1.165, 1.54) is 11.1 Å². The topological polar surface area (TPSA) is 84.9 Å². The van der Waals surface area contributed by atoms with Crippen LogP contribution in [-0.2, 0) is 25.5 Å². The lowest BCUT2D eigenvalue weighted by molar-refractivity contribution is -0.152. The van der Waals surface area contributed by atoms with Crippen LogP contribution < -0.4 is 5.32 Å². The Hall–Kier alpha value is -4.91. The summed E-state index contributed by atoms with van der Waals surface area (Å²) in [6.45, 7) is 4.57. The highest BCUT2D eigenvalue weighted by Gasteiger charge is 2.34. The van der Waals surface area contributed by atoms with E-state index in [2.05, 4.69) is 29.6 Å². The third-order valence-electron chi connectivity index (χ3n) is 8.84. The van der Waals surface area contributed by atoms with E-state index in [1.54, 1.807) is 18.7 Å². The molecule has 7 nitrogen and oxygen atoms in total. The molecule has 1 aliphatic carbocycles. The van der Waals surface area contributed by atoms with Gasteiger partial charge in [-0.1, -0.05) is 103 Å². The van der Waals surface area contributed by atoms with Crippen LogP contribution in [0.3, 0.4) is 0 Å². The van der Waals surface area contributed by atoms with Gasteiger partial charge in [0.25, 0.3) is 0 Å². The second kappa shape index (κ2) is 14.0. The van der Waals surface area contributed by atoms with Gasteiger partial charge in [0.15, 0.2) is 0 Å². The van der Waals surface area contributed by atoms with Gasteiger partial charge in [0.2, 0.25) is 5.91 Å². The Morgan fingerprint density at radius 3 is 2.07 bits per heavy atom. The van der Waals surface area contributed by atoms with Gasteiger partial charge in [0.05, 0.1) is 12.0 Å². The van der Waals surface area contributed by atoms with E-state index in [4.69, 9.17) is 9.47 Å². The number of fused-ring (bicyclic) bond motifs is 3. The van der Waals surface area contributed by atoms with Crippen LogP contribution in [-0.4, -0.2) is 54.7 Å². The number of rotatable bonds is 9. The quantitative estimate of drug-likeness (QED) is 0.205. The fraction of sp³-hybridized carbons (Fsp3) is 0.308. The summed E-state index contributed by atoms with van der Waals surface area (Å²) < 4.78 is 11.4. The number of hydrogen-bond acceptors (Lipinski definition) is 5. The summed E-state index contributed by atoms with van der Waals surface area (Å²) in [4.78, 5) is 41.5. The molecule has 46 heavy (non-hydrogen) atoms.